The van der Waals surface area contributed by atoms with Crippen molar-refractivity contribution in [3.05, 3.63) is 65.2 Å². The lowest BCUT2D eigenvalue weighted by Gasteiger charge is -2.43. The molecule has 0 unspecified atom stereocenters. The average Bonchev–Trinajstić information content (AvgIpc) is 2.91. The van der Waals surface area contributed by atoms with Gasteiger partial charge >= 0.3 is 18.1 Å². The molecule has 0 saturated heterocycles. The number of fused-ring (bicyclic) bond motifs is 1. The Hall–Kier alpha value is -3.30. The molecule has 0 radical (unpaired) electrons. The van der Waals surface area contributed by atoms with Crippen LogP contribution in [0.15, 0.2) is 54.1 Å². The summed E-state index contributed by atoms with van der Waals surface area (Å²) in [7, 11) is 0. The van der Waals surface area contributed by atoms with Gasteiger partial charge in [-0.3, -0.25) is 0 Å². The van der Waals surface area contributed by atoms with Gasteiger partial charge in [0.2, 0.25) is 0 Å². The van der Waals surface area contributed by atoms with Crippen LogP contribution in [0.2, 0.25) is 0 Å². The number of phenols is 2. The fourth-order valence-electron chi connectivity index (χ4n) is 5.62. The molecule has 2 aromatic carbocycles. The number of aliphatic carboxylic acids is 1. The van der Waals surface area contributed by atoms with Crippen LogP contribution in [0.5, 0.6) is 17.2 Å². The molecular formula is C32H39F5O5. The number of rotatable bonds is 15. The molecular weight excluding hydrogens is 559 g/mol. The summed E-state index contributed by atoms with van der Waals surface area (Å²) < 4.78 is 69.1. The van der Waals surface area contributed by atoms with Crippen LogP contribution in [-0.4, -0.2) is 40.0 Å². The predicted octanol–water partition coefficient (Wildman–Crippen LogP) is 9.03. The molecule has 2 aromatic rings. The van der Waals surface area contributed by atoms with Gasteiger partial charge in [0, 0.05) is 29.4 Å². The van der Waals surface area contributed by atoms with Gasteiger partial charge in [0.25, 0.3) is 0 Å². The normalized spacial score (nSPS) is 19.3. The van der Waals surface area contributed by atoms with Gasteiger partial charge in [-0.1, -0.05) is 63.3 Å². The maximum absolute atomic E-state index is 13.1. The van der Waals surface area contributed by atoms with E-state index < -0.39 is 30.9 Å². The third-order valence-corrected chi connectivity index (χ3v) is 8.16. The van der Waals surface area contributed by atoms with Crippen LogP contribution in [0, 0.1) is 0 Å². The summed E-state index contributed by atoms with van der Waals surface area (Å²) in [6.45, 7) is 2.59. The number of hydrogen-bond donors (Lipinski definition) is 3. The molecule has 232 valence electrons. The Bertz CT molecular complexity index is 1210. The summed E-state index contributed by atoms with van der Waals surface area (Å²) in [4.78, 5) is 11.4. The summed E-state index contributed by atoms with van der Waals surface area (Å²) in [5.74, 6) is -4.95. The van der Waals surface area contributed by atoms with E-state index in [-0.39, 0.29) is 34.8 Å². The zero-order valence-corrected chi connectivity index (χ0v) is 23.7. The molecule has 3 N–H and O–H groups in total. The number of ether oxygens (including phenoxy) is 1. The number of aromatic hydroxyl groups is 2. The molecule has 1 aliphatic heterocycles. The van der Waals surface area contributed by atoms with E-state index in [0.717, 1.165) is 49.7 Å². The summed E-state index contributed by atoms with van der Waals surface area (Å²) in [6.07, 6.45) is 0.196. The lowest BCUT2D eigenvalue weighted by Crippen LogP contribution is -2.40. The SMILES string of the molecule is C[C@]1(c2ccc(O)cc2)COc2cc(O)ccc2[C@H]1CCCCCCCCC=C(CCCC(F)(F)C(F)(F)F)C(=O)O. The number of halogens is 5. The highest BCUT2D eigenvalue weighted by Gasteiger charge is 2.56. The number of unbranched alkanes of at least 4 members (excludes halogenated alkanes) is 6. The minimum absolute atomic E-state index is 0.130. The maximum Gasteiger partial charge on any atom is 0.453 e. The van der Waals surface area contributed by atoms with Gasteiger partial charge in [0.1, 0.15) is 17.2 Å². The van der Waals surface area contributed by atoms with Crippen molar-refractivity contribution in [2.24, 2.45) is 0 Å². The van der Waals surface area contributed by atoms with Crippen molar-refractivity contribution in [1.82, 2.24) is 0 Å². The topological polar surface area (TPSA) is 87.0 Å². The van der Waals surface area contributed by atoms with E-state index in [1.807, 2.05) is 18.2 Å². The van der Waals surface area contributed by atoms with Crippen LogP contribution >= 0.6 is 0 Å². The molecule has 1 heterocycles. The summed E-state index contributed by atoms with van der Waals surface area (Å²) in [6, 6.07) is 12.4. The first-order chi connectivity index (χ1) is 19.7. The van der Waals surface area contributed by atoms with E-state index in [4.69, 9.17) is 4.74 Å². The lowest BCUT2D eigenvalue weighted by molar-refractivity contribution is -0.284. The highest BCUT2D eigenvalue weighted by atomic mass is 19.4. The minimum Gasteiger partial charge on any atom is -0.508 e. The minimum atomic E-state index is -5.63. The van der Waals surface area contributed by atoms with Crippen molar-refractivity contribution in [3.8, 4) is 17.2 Å². The van der Waals surface area contributed by atoms with Crippen LogP contribution in [0.25, 0.3) is 0 Å². The fraction of sp³-hybridized carbons (Fsp3) is 0.531. The van der Waals surface area contributed by atoms with E-state index in [9.17, 15) is 42.1 Å². The molecule has 10 heteroatoms. The van der Waals surface area contributed by atoms with Crippen molar-refractivity contribution >= 4 is 5.97 Å². The Morgan fingerprint density at radius 1 is 0.929 bits per heavy atom. The van der Waals surface area contributed by atoms with Gasteiger partial charge in [-0.05, 0) is 61.4 Å². The molecule has 3 rings (SSSR count). The molecule has 0 saturated carbocycles. The van der Waals surface area contributed by atoms with Crippen LogP contribution in [0.1, 0.15) is 94.6 Å². The van der Waals surface area contributed by atoms with E-state index in [0.29, 0.717) is 25.2 Å². The van der Waals surface area contributed by atoms with Gasteiger partial charge in [0.05, 0.1) is 6.61 Å². The third-order valence-electron chi connectivity index (χ3n) is 8.16. The second-order valence-electron chi connectivity index (χ2n) is 11.3. The summed E-state index contributed by atoms with van der Waals surface area (Å²) >= 11 is 0. The number of allylic oxidation sites excluding steroid dienone is 1. The highest BCUT2D eigenvalue weighted by Crippen LogP contribution is 2.50. The molecule has 0 aliphatic carbocycles. The van der Waals surface area contributed by atoms with E-state index in [1.54, 1.807) is 24.3 Å². The number of carboxylic acid groups (broad SMARTS) is 1. The number of hydrogen-bond acceptors (Lipinski definition) is 4. The first-order valence-corrected chi connectivity index (χ1v) is 14.4. The van der Waals surface area contributed by atoms with Crippen molar-refractivity contribution in [2.45, 2.75) is 101 Å². The Labute approximate surface area is 243 Å². The molecule has 5 nitrogen and oxygen atoms in total. The summed E-state index contributed by atoms with van der Waals surface area (Å²) in [5, 5.41) is 29.0. The second-order valence-corrected chi connectivity index (χ2v) is 11.3. The molecule has 1 aliphatic rings. The van der Waals surface area contributed by atoms with Crippen molar-refractivity contribution in [2.75, 3.05) is 6.61 Å². The quantitative estimate of drug-likeness (QED) is 0.108. The maximum atomic E-state index is 13.1. The average molecular weight is 599 g/mol. The van der Waals surface area contributed by atoms with Gasteiger partial charge in [-0.15, -0.1) is 0 Å². The van der Waals surface area contributed by atoms with Crippen LogP contribution in [-0.2, 0) is 10.2 Å². The number of phenolic OH excluding ortho intramolecular Hbond substituents is 2. The van der Waals surface area contributed by atoms with Crippen LogP contribution in [0.3, 0.4) is 0 Å². The second kappa shape index (κ2) is 14.2. The van der Waals surface area contributed by atoms with Gasteiger partial charge < -0.3 is 20.1 Å². The first kappa shape index (κ1) is 33.2. The van der Waals surface area contributed by atoms with Crippen molar-refractivity contribution < 1.29 is 46.8 Å². The van der Waals surface area contributed by atoms with E-state index in [2.05, 4.69) is 6.92 Å². The Morgan fingerprint density at radius 3 is 2.19 bits per heavy atom. The molecule has 0 spiro atoms. The fourth-order valence-corrected chi connectivity index (χ4v) is 5.62. The third kappa shape index (κ3) is 8.61. The van der Waals surface area contributed by atoms with Crippen LogP contribution < -0.4 is 4.74 Å². The number of carboxylic acids is 1. The van der Waals surface area contributed by atoms with E-state index in [1.165, 1.54) is 6.08 Å². The standard InChI is InChI=1S/C32H39F5O5/c1-30(23-13-15-24(38)16-14-23)21-42-28-20-25(39)17-18-26(28)27(30)12-8-6-4-2-3-5-7-10-22(29(40)41)11-9-19-31(33,34)32(35,36)37/h10,13-18,20,27,38-39H,2-9,11-12,19,21H2,1H3,(H,40,41)/t27-,30-/m1/s1. The smallest absolute Gasteiger partial charge is 0.453 e. The largest absolute Gasteiger partial charge is 0.508 e. The van der Waals surface area contributed by atoms with E-state index >= 15 is 0 Å². The zero-order chi connectivity index (χ0) is 31.0. The lowest BCUT2D eigenvalue weighted by atomic mass is 9.66. The molecule has 0 aromatic heterocycles. The van der Waals surface area contributed by atoms with Crippen molar-refractivity contribution in [1.29, 1.82) is 0 Å². The van der Waals surface area contributed by atoms with Crippen molar-refractivity contribution in [3.63, 3.8) is 0 Å². The molecule has 0 bridgehead atoms. The van der Waals surface area contributed by atoms with Gasteiger partial charge in [-0.25, -0.2) is 4.79 Å². The molecule has 0 fully saturated rings. The number of alkyl halides is 5. The highest BCUT2D eigenvalue weighted by molar-refractivity contribution is 5.86. The molecule has 42 heavy (non-hydrogen) atoms. The molecule has 2 atom stereocenters. The Morgan fingerprint density at radius 2 is 1.55 bits per heavy atom. The number of carbonyl (C=O) groups is 1. The van der Waals surface area contributed by atoms with Crippen LogP contribution in [0.4, 0.5) is 22.0 Å². The zero-order valence-electron chi connectivity index (χ0n) is 23.7. The predicted molar refractivity (Wildman–Crippen MR) is 149 cm³/mol. The number of benzene rings is 2. The molecule has 0 amide bonds. The van der Waals surface area contributed by atoms with Gasteiger partial charge in [0.15, 0.2) is 0 Å². The first-order valence-electron chi connectivity index (χ1n) is 14.4. The monoisotopic (exact) mass is 598 g/mol. The Kier molecular flexibility index (Phi) is 11.3. The Balaban J connectivity index is 1.45. The summed E-state index contributed by atoms with van der Waals surface area (Å²) in [5.41, 5.74) is 1.65. The van der Waals surface area contributed by atoms with Gasteiger partial charge in [-0.2, -0.15) is 22.0 Å².